The van der Waals surface area contributed by atoms with E-state index in [0.29, 0.717) is 35.9 Å². The maximum absolute atomic E-state index is 13.2. The number of hydrogen-bond donors (Lipinski definition) is 2. The first-order chi connectivity index (χ1) is 18.6. The third-order valence-electron chi connectivity index (χ3n) is 7.77. The minimum Gasteiger partial charge on any atom is -0.358 e. The number of H-pyrrole nitrogens is 1. The van der Waals surface area contributed by atoms with E-state index in [1.807, 2.05) is 42.5 Å². The summed E-state index contributed by atoms with van der Waals surface area (Å²) in [6.07, 6.45) is 7.25. The second kappa shape index (κ2) is 10.9. The Balaban J connectivity index is 1.07. The number of pyridine rings is 1. The van der Waals surface area contributed by atoms with Crippen LogP contribution in [0.4, 0.5) is 5.69 Å². The first-order valence-corrected chi connectivity index (χ1v) is 13.6. The van der Waals surface area contributed by atoms with Crippen LogP contribution in [-0.2, 0) is 13.0 Å². The van der Waals surface area contributed by atoms with E-state index in [2.05, 4.69) is 35.3 Å². The molecule has 9 heteroatoms. The van der Waals surface area contributed by atoms with E-state index in [1.54, 1.807) is 6.20 Å². The third kappa shape index (κ3) is 5.24. The van der Waals surface area contributed by atoms with Crippen LogP contribution in [0.3, 0.4) is 0 Å². The van der Waals surface area contributed by atoms with Gasteiger partial charge in [-0.1, -0.05) is 0 Å². The first kappa shape index (κ1) is 24.5. The van der Waals surface area contributed by atoms with E-state index in [-0.39, 0.29) is 11.8 Å². The minimum absolute atomic E-state index is 0.0353. The Labute approximate surface area is 222 Å². The van der Waals surface area contributed by atoms with Crippen molar-refractivity contribution in [3.05, 3.63) is 71.2 Å². The Morgan fingerprint density at radius 2 is 1.89 bits per heavy atom. The van der Waals surface area contributed by atoms with Crippen LogP contribution in [0.25, 0.3) is 11.3 Å². The van der Waals surface area contributed by atoms with E-state index < -0.39 is 0 Å². The SMILES string of the molecule is O=C1NCCc2[nH]c(-c3ccnc(CN=Nc4ccc(C(=O)N5CCC[C@@H]5CN5CCCC5)cc4)c3)cc21. The fourth-order valence-corrected chi connectivity index (χ4v) is 5.76. The molecule has 0 saturated carbocycles. The van der Waals surface area contributed by atoms with Crippen LogP contribution in [-0.4, -0.2) is 70.3 Å². The minimum atomic E-state index is -0.0353. The van der Waals surface area contributed by atoms with Crippen LogP contribution in [0.5, 0.6) is 0 Å². The number of benzene rings is 1. The molecule has 0 unspecified atom stereocenters. The molecular formula is C29H33N7O2. The highest BCUT2D eigenvalue weighted by molar-refractivity contribution is 5.97. The van der Waals surface area contributed by atoms with Crippen LogP contribution in [0.2, 0.25) is 0 Å². The third-order valence-corrected chi connectivity index (χ3v) is 7.77. The van der Waals surface area contributed by atoms with Gasteiger partial charge in [0.05, 0.1) is 16.9 Å². The number of nitrogens with one attached hydrogen (secondary N) is 2. The van der Waals surface area contributed by atoms with Crippen molar-refractivity contribution in [1.82, 2.24) is 25.1 Å². The number of fused-ring (bicyclic) bond motifs is 1. The average molecular weight is 512 g/mol. The molecule has 0 radical (unpaired) electrons. The number of hydrogen-bond acceptors (Lipinski definition) is 6. The zero-order valence-corrected chi connectivity index (χ0v) is 21.5. The van der Waals surface area contributed by atoms with Crippen molar-refractivity contribution in [3.63, 3.8) is 0 Å². The monoisotopic (exact) mass is 511 g/mol. The lowest BCUT2D eigenvalue weighted by molar-refractivity contribution is 0.0708. The van der Waals surface area contributed by atoms with Crippen LogP contribution in [0.15, 0.2) is 58.9 Å². The molecule has 0 aliphatic carbocycles. The number of nitrogens with zero attached hydrogens (tertiary/aromatic N) is 5. The van der Waals surface area contributed by atoms with E-state index in [0.717, 1.165) is 68.1 Å². The molecule has 3 aromatic rings. The van der Waals surface area contributed by atoms with E-state index >= 15 is 0 Å². The zero-order valence-electron chi connectivity index (χ0n) is 21.5. The summed E-state index contributed by atoms with van der Waals surface area (Å²) in [6.45, 7) is 5.13. The first-order valence-electron chi connectivity index (χ1n) is 13.6. The van der Waals surface area contributed by atoms with E-state index in [1.165, 1.54) is 12.8 Å². The van der Waals surface area contributed by atoms with Crippen LogP contribution >= 0.6 is 0 Å². The molecule has 2 amide bonds. The van der Waals surface area contributed by atoms with Crippen LogP contribution in [0, 0.1) is 0 Å². The summed E-state index contributed by atoms with van der Waals surface area (Å²) in [6, 6.07) is 13.5. The normalized spacial score (nSPS) is 19.7. The molecule has 5 heterocycles. The number of rotatable bonds is 7. The molecule has 2 fully saturated rings. The second-order valence-electron chi connectivity index (χ2n) is 10.4. The van der Waals surface area contributed by atoms with Crippen molar-refractivity contribution >= 4 is 17.5 Å². The molecule has 1 aromatic carbocycles. The molecule has 196 valence electrons. The summed E-state index contributed by atoms with van der Waals surface area (Å²) in [7, 11) is 0. The largest absolute Gasteiger partial charge is 0.358 e. The van der Waals surface area contributed by atoms with Crippen molar-refractivity contribution in [2.24, 2.45) is 10.2 Å². The number of aromatic amines is 1. The molecule has 2 N–H and O–H groups in total. The summed E-state index contributed by atoms with van der Waals surface area (Å²) < 4.78 is 0. The predicted octanol–water partition coefficient (Wildman–Crippen LogP) is 4.35. The summed E-state index contributed by atoms with van der Waals surface area (Å²) in [5.74, 6) is 0.0755. The van der Waals surface area contributed by atoms with Gasteiger partial charge in [-0.25, -0.2) is 0 Å². The van der Waals surface area contributed by atoms with Gasteiger partial charge in [0.15, 0.2) is 0 Å². The smallest absolute Gasteiger partial charge is 0.254 e. The molecule has 9 nitrogen and oxygen atoms in total. The van der Waals surface area contributed by atoms with Gasteiger partial charge in [0.1, 0.15) is 6.54 Å². The summed E-state index contributed by atoms with van der Waals surface area (Å²) >= 11 is 0. The Kier molecular flexibility index (Phi) is 7.00. The van der Waals surface area contributed by atoms with Crippen LogP contribution in [0.1, 0.15) is 57.8 Å². The molecule has 3 aliphatic rings. The molecule has 0 spiro atoms. The Morgan fingerprint density at radius 1 is 1.05 bits per heavy atom. The number of carbonyl (C=O) groups excluding carboxylic acids is 2. The van der Waals surface area contributed by atoms with E-state index in [4.69, 9.17) is 0 Å². The highest BCUT2D eigenvalue weighted by Gasteiger charge is 2.31. The van der Waals surface area contributed by atoms with Crippen molar-refractivity contribution in [1.29, 1.82) is 0 Å². The van der Waals surface area contributed by atoms with Gasteiger partial charge in [-0.05, 0) is 81.2 Å². The van der Waals surface area contributed by atoms with Gasteiger partial charge in [0, 0.05) is 60.8 Å². The maximum Gasteiger partial charge on any atom is 0.254 e. The Bertz CT molecular complexity index is 1340. The van der Waals surface area contributed by atoms with E-state index in [9.17, 15) is 9.59 Å². The lowest BCUT2D eigenvalue weighted by Crippen LogP contribution is -2.42. The lowest BCUT2D eigenvalue weighted by atomic mass is 10.1. The highest BCUT2D eigenvalue weighted by atomic mass is 16.2. The maximum atomic E-state index is 13.2. The number of azo groups is 1. The second-order valence-corrected chi connectivity index (χ2v) is 10.4. The zero-order chi connectivity index (χ0) is 25.9. The van der Waals surface area contributed by atoms with Gasteiger partial charge in [0.2, 0.25) is 0 Å². The predicted molar refractivity (Wildman–Crippen MR) is 144 cm³/mol. The molecule has 38 heavy (non-hydrogen) atoms. The molecular weight excluding hydrogens is 478 g/mol. The number of carbonyl (C=O) groups is 2. The highest BCUT2D eigenvalue weighted by Crippen LogP contribution is 2.26. The number of likely N-dealkylation sites (tertiary alicyclic amines) is 2. The van der Waals surface area contributed by atoms with Gasteiger partial charge in [-0.3, -0.25) is 14.6 Å². The van der Waals surface area contributed by atoms with Crippen molar-refractivity contribution in [2.45, 2.75) is 44.7 Å². The van der Waals surface area contributed by atoms with Crippen molar-refractivity contribution in [3.8, 4) is 11.3 Å². The summed E-state index contributed by atoms with van der Waals surface area (Å²) in [5, 5.41) is 11.5. The van der Waals surface area contributed by atoms with Gasteiger partial charge in [-0.2, -0.15) is 10.2 Å². The van der Waals surface area contributed by atoms with Crippen LogP contribution < -0.4 is 5.32 Å². The van der Waals surface area contributed by atoms with Gasteiger partial charge >= 0.3 is 0 Å². The van der Waals surface area contributed by atoms with Gasteiger partial charge < -0.3 is 20.1 Å². The Hall–Kier alpha value is -3.85. The average Bonchev–Trinajstić information content (AvgIpc) is 3.71. The fraction of sp³-hybridized carbons (Fsp3) is 0.414. The van der Waals surface area contributed by atoms with Crippen molar-refractivity contribution < 1.29 is 9.59 Å². The molecule has 2 aromatic heterocycles. The summed E-state index contributed by atoms with van der Waals surface area (Å²) in [5.41, 5.74) is 5.72. The topological polar surface area (TPSA) is 106 Å². The number of amides is 2. The quantitative estimate of drug-likeness (QED) is 0.460. The fourth-order valence-electron chi connectivity index (χ4n) is 5.76. The molecule has 1 atom stereocenters. The van der Waals surface area contributed by atoms with Gasteiger partial charge in [0.25, 0.3) is 11.8 Å². The molecule has 6 rings (SSSR count). The molecule has 0 bridgehead atoms. The van der Waals surface area contributed by atoms with Crippen molar-refractivity contribution in [2.75, 3.05) is 32.7 Å². The van der Waals surface area contributed by atoms with Gasteiger partial charge in [-0.15, -0.1) is 0 Å². The Morgan fingerprint density at radius 3 is 2.71 bits per heavy atom. The molecule has 3 aliphatic heterocycles. The number of aromatic nitrogens is 2. The summed E-state index contributed by atoms with van der Waals surface area (Å²) in [4.78, 5) is 37.6. The standard InChI is InChI=1S/C29H33N7O2/c37-28-25-17-27(33-26(25)10-12-31-28)21-9-11-30-23(16-21)18-32-34-22-7-5-20(6-8-22)29(38)36-15-3-4-24(36)19-35-13-1-2-14-35/h5-9,11,16-17,24,33H,1-4,10,12-15,18-19H2,(H,31,37)/t24-/m1/s1. The molecule has 2 saturated heterocycles. The lowest BCUT2D eigenvalue weighted by Gasteiger charge is -2.28.